The molecule has 0 radical (unpaired) electrons. The van der Waals surface area contributed by atoms with Crippen LogP contribution in [0.15, 0.2) is 0 Å². The van der Waals surface area contributed by atoms with Gasteiger partial charge < -0.3 is 27.8 Å². The second kappa shape index (κ2) is 19.2. The first-order valence-electron chi connectivity index (χ1n) is 8.09. The van der Waals surface area contributed by atoms with E-state index >= 15 is 0 Å². The number of quaternary nitrogens is 1. The second-order valence-corrected chi connectivity index (χ2v) is 5.65. The van der Waals surface area contributed by atoms with Gasteiger partial charge in [0, 0.05) is 0 Å². The first-order valence-corrected chi connectivity index (χ1v) is 8.09. The van der Waals surface area contributed by atoms with Crippen molar-refractivity contribution in [1.29, 1.82) is 0 Å². The van der Waals surface area contributed by atoms with Crippen LogP contribution >= 0.6 is 0 Å². The Balaban J connectivity index is -0.000000427. The highest BCUT2D eigenvalue weighted by Crippen LogP contribution is 2.16. The van der Waals surface area contributed by atoms with Crippen LogP contribution < -0.4 is 12.4 Å². The Labute approximate surface area is 133 Å². The maximum atomic E-state index is 2.33. The lowest BCUT2D eigenvalue weighted by molar-refractivity contribution is -0.929. The van der Waals surface area contributed by atoms with Crippen molar-refractivity contribution in [2.75, 3.05) is 26.2 Å². The summed E-state index contributed by atoms with van der Waals surface area (Å²) >= 11 is 0. The van der Waals surface area contributed by atoms with Gasteiger partial charge in [0.15, 0.2) is 0 Å². The first-order chi connectivity index (χ1) is 8.24. The highest BCUT2D eigenvalue weighted by atomic mass is 35.5. The predicted molar refractivity (Wildman–Crippen MR) is 86.6 cm³/mol. The minimum Gasteiger partial charge on any atom is -1.00 e. The van der Waals surface area contributed by atoms with E-state index in [1.807, 2.05) is 0 Å². The third-order valence-electron chi connectivity index (χ3n) is 3.94. The average Bonchev–Trinajstić information content (AvgIpc) is 2.37. The van der Waals surface area contributed by atoms with E-state index in [-0.39, 0.29) is 23.4 Å². The van der Waals surface area contributed by atoms with E-state index in [0.29, 0.717) is 0 Å². The minimum absolute atomic E-state index is 0. The van der Waals surface area contributed by atoms with E-state index in [2.05, 4.69) is 27.7 Å². The summed E-state index contributed by atoms with van der Waals surface area (Å²) in [5, 5.41) is 0. The maximum Gasteiger partial charge on any atom is 0.0786 e. The summed E-state index contributed by atoms with van der Waals surface area (Å²) in [4.78, 5) is 0. The molecule has 0 saturated carbocycles. The zero-order valence-corrected chi connectivity index (χ0v) is 15.1. The molecule has 0 aliphatic heterocycles. The van der Waals surface area contributed by atoms with Crippen molar-refractivity contribution in [3.63, 3.8) is 0 Å². The predicted octanol–water partition coefficient (Wildman–Crippen LogP) is 0.358. The fraction of sp³-hybridized carbons (Fsp3) is 1.00. The van der Waals surface area contributed by atoms with Gasteiger partial charge >= 0.3 is 0 Å². The number of hydrogen-bond donors (Lipinski definition) is 0. The molecule has 0 bridgehead atoms. The largest absolute Gasteiger partial charge is 1.00 e. The molecule has 4 N–H and O–H groups in total. The van der Waals surface area contributed by atoms with Crippen molar-refractivity contribution >= 4 is 0 Å². The van der Waals surface area contributed by atoms with E-state index in [0.717, 1.165) is 0 Å². The van der Waals surface area contributed by atoms with Crippen LogP contribution in [0.1, 0.15) is 79.1 Å². The van der Waals surface area contributed by atoms with Gasteiger partial charge in [0.05, 0.1) is 26.2 Å². The molecule has 3 nitrogen and oxygen atoms in total. The third kappa shape index (κ3) is 13.2. The molecule has 128 valence electrons. The standard InChI is InChI=1S/C16H36N.ClH.2H2O/c1-5-9-13-17(14-10-6-2,15-11-7-3)16-12-8-4;;;/h5-16H2,1-4H3;1H;2*1H2/q+1;;;/p-1. The minimum atomic E-state index is 0. The van der Waals surface area contributed by atoms with Crippen molar-refractivity contribution < 1.29 is 27.8 Å². The lowest BCUT2D eigenvalue weighted by atomic mass is 10.1. The van der Waals surface area contributed by atoms with Crippen LogP contribution in [-0.4, -0.2) is 41.6 Å². The maximum absolute atomic E-state index is 2.33. The lowest BCUT2D eigenvalue weighted by Gasteiger charge is -2.39. The van der Waals surface area contributed by atoms with Crippen molar-refractivity contribution in [2.45, 2.75) is 79.1 Å². The first kappa shape index (κ1) is 28.3. The quantitative estimate of drug-likeness (QED) is 0.467. The van der Waals surface area contributed by atoms with Crippen LogP contribution in [0, 0.1) is 0 Å². The molecule has 0 spiro atoms. The molecule has 4 heteroatoms. The van der Waals surface area contributed by atoms with Crippen molar-refractivity contribution in [3.8, 4) is 0 Å². The summed E-state index contributed by atoms with van der Waals surface area (Å²) in [6.07, 6.45) is 11.1. The summed E-state index contributed by atoms with van der Waals surface area (Å²) in [6, 6.07) is 0. The van der Waals surface area contributed by atoms with Gasteiger partial charge in [-0.25, -0.2) is 0 Å². The molecule has 0 aromatic carbocycles. The Morgan fingerprint density at radius 2 is 0.700 bits per heavy atom. The molecule has 0 saturated heterocycles. The van der Waals surface area contributed by atoms with Crippen LogP contribution in [-0.2, 0) is 0 Å². The number of halogens is 1. The fourth-order valence-corrected chi connectivity index (χ4v) is 2.64. The summed E-state index contributed by atoms with van der Waals surface area (Å²) in [7, 11) is 0. The molecule has 0 unspecified atom stereocenters. The van der Waals surface area contributed by atoms with E-state index in [1.54, 1.807) is 0 Å². The summed E-state index contributed by atoms with van der Waals surface area (Å²) in [6.45, 7) is 15.0. The highest BCUT2D eigenvalue weighted by Gasteiger charge is 2.24. The molecule has 0 aliphatic rings. The number of unbranched alkanes of at least 4 members (excludes halogenated alkanes) is 4. The Hall–Kier alpha value is 0.170. The van der Waals surface area contributed by atoms with Gasteiger partial charge in [-0.1, -0.05) is 53.4 Å². The number of nitrogens with zero attached hydrogens (tertiary/aromatic N) is 1. The Bertz CT molecular complexity index is 131. The van der Waals surface area contributed by atoms with Gasteiger partial charge in [-0.2, -0.15) is 0 Å². The second-order valence-electron chi connectivity index (χ2n) is 5.65. The van der Waals surface area contributed by atoms with E-state index < -0.39 is 0 Å². The monoisotopic (exact) mass is 313 g/mol. The normalized spacial score (nSPS) is 10.2. The average molecular weight is 314 g/mol. The molecule has 0 atom stereocenters. The SMILES string of the molecule is CCCC[N+](CCCC)(CCCC)CCCC.O.O.[Cl-]. The topological polar surface area (TPSA) is 63.0 Å². The molecule has 0 rings (SSSR count). The molecule has 0 heterocycles. The summed E-state index contributed by atoms with van der Waals surface area (Å²) < 4.78 is 1.42. The summed E-state index contributed by atoms with van der Waals surface area (Å²) in [5.74, 6) is 0. The van der Waals surface area contributed by atoms with Crippen molar-refractivity contribution in [3.05, 3.63) is 0 Å². The lowest BCUT2D eigenvalue weighted by Crippen LogP contribution is -3.00. The molecule has 20 heavy (non-hydrogen) atoms. The van der Waals surface area contributed by atoms with Crippen LogP contribution in [0.25, 0.3) is 0 Å². The summed E-state index contributed by atoms with van der Waals surface area (Å²) in [5.41, 5.74) is 0. The molecule has 0 fully saturated rings. The van der Waals surface area contributed by atoms with Crippen LogP contribution in [0.5, 0.6) is 0 Å². The fourth-order valence-electron chi connectivity index (χ4n) is 2.64. The molecular weight excluding hydrogens is 274 g/mol. The zero-order valence-electron chi connectivity index (χ0n) is 14.3. The van der Waals surface area contributed by atoms with Crippen molar-refractivity contribution in [1.82, 2.24) is 0 Å². The Morgan fingerprint density at radius 1 is 0.500 bits per heavy atom. The van der Waals surface area contributed by atoms with Crippen LogP contribution in [0.3, 0.4) is 0 Å². The van der Waals surface area contributed by atoms with E-state index in [1.165, 1.54) is 82.0 Å². The molecule has 0 aliphatic carbocycles. The van der Waals surface area contributed by atoms with E-state index in [9.17, 15) is 0 Å². The van der Waals surface area contributed by atoms with Crippen LogP contribution in [0.2, 0.25) is 0 Å². The smallest absolute Gasteiger partial charge is 0.0786 e. The van der Waals surface area contributed by atoms with E-state index in [4.69, 9.17) is 0 Å². The Morgan fingerprint density at radius 3 is 0.850 bits per heavy atom. The molecule has 0 amide bonds. The highest BCUT2D eigenvalue weighted by molar-refractivity contribution is 4.49. The molecule has 0 aromatic rings. The van der Waals surface area contributed by atoms with Gasteiger partial charge in [0.25, 0.3) is 0 Å². The molecule has 0 aromatic heterocycles. The third-order valence-corrected chi connectivity index (χ3v) is 3.94. The Kier molecular flexibility index (Phi) is 27.2. The van der Waals surface area contributed by atoms with Gasteiger partial charge in [-0.05, 0) is 25.7 Å². The number of rotatable bonds is 12. The number of hydrogen-bond acceptors (Lipinski definition) is 0. The molecular formula is C16H40ClNO2. The van der Waals surface area contributed by atoms with Gasteiger partial charge in [-0.15, -0.1) is 0 Å². The van der Waals surface area contributed by atoms with Crippen molar-refractivity contribution in [2.24, 2.45) is 0 Å². The zero-order chi connectivity index (χ0) is 13.0. The van der Waals surface area contributed by atoms with Crippen LogP contribution in [0.4, 0.5) is 0 Å². The van der Waals surface area contributed by atoms with Gasteiger partial charge in [0.1, 0.15) is 0 Å². The van der Waals surface area contributed by atoms with Gasteiger partial charge in [0.2, 0.25) is 0 Å². The van der Waals surface area contributed by atoms with Gasteiger partial charge in [-0.3, -0.25) is 0 Å².